The smallest absolute Gasteiger partial charge is 0.331 e. The summed E-state index contributed by atoms with van der Waals surface area (Å²) in [5, 5.41) is 10.4. The average molecular weight is 433 g/mol. The number of benzene rings is 1. The maximum Gasteiger partial charge on any atom is 0.331 e. The predicted molar refractivity (Wildman–Crippen MR) is 90.0 cm³/mol. The van der Waals surface area contributed by atoms with E-state index < -0.39 is 11.9 Å². The highest BCUT2D eigenvalue weighted by Crippen LogP contribution is 2.23. The number of methoxy groups -OCH3 is 1. The molecule has 9 heteroatoms. The van der Waals surface area contributed by atoms with E-state index in [1.807, 2.05) is 22.6 Å². The van der Waals surface area contributed by atoms with Crippen LogP contribution < -0.4 is 5.32 Å². The van der Waals surface area contributed by atoms with Crippen molar-refractivity contribution >= 4 is 57.6 Å². The summed E-state index contributed by atoms with van der Waals surface area (Å²) in [6.07, 6.45) is 2.53. The first kappa shape index (κ1) is 16.6. The summed E-state index contributed by atoms with van der Waals surface area (Å²) in [6.45, 7) is 0. The Morgan fingerprint density at radius 1 is 1.50 bits per heavy atom. The molecule has 0 aromatic heterocycles. The van der Waals surface area contributed by atoms with Gasteiger partial charge in [-0.2, -0.15) is 5.10 Å². The zero-order valence-corrected chi connectivity index (χ0v) is 14.1. The first-order valence-electron chi connectivity index (χ1n) is 5.84. The second-order valence-electron chi connectivity index (χ2n) is 3.90. The molecule has 2 rings (SSSR count). The van der Waals surface area contributed by atoms with Gasteiger partial charge in [0.25, 0.3) is 5.91 Å². The van der Waals surface area contributed by atoms with E-state index in [2.05, 4.69) is 20.3 Å². The molecule has 1 aliphatic heterocycles. The lowest BCUT2D eigenvalue weighted by atomic mass is 10.2. The van der Waals surface area contributed by atoms with Crippen molar-refractivity contribution in [2.45, 2.75) is 0 Å². The maximum atomic E-state index is 13.0. The van der Waals surface area contributed by atoms with Gasteiger partial charge in [0.05, 0.1) is 18.2 Å². The van der Waals surface area contributed by atoms with Crippen LogP contribution in [0.4, 0.5) is 4.39 Å². The summed E-state index contributed by atoms with van der Waals surface area (Å²) in [7, 11) is 1.22. The van der Waals surface area contributed by atoms with Crippen LogP contribution in [0, 0.1) is 9.39 Å². The SMILES string of the molecule is COC(=O)/C=C1/S/C(=N\N=Cc2ccc(F)cc2I)NC1=O. The highest BCUT2D eigenvalue weighted by atomic mass is 127. The molecule has 1 aromatic carbocycles. The Morgan fingerprint density at radius 3 is 2.95 bits per heavy atom. The maximum absolute atomic E-state index is 13.0. The predicted octanol–water partition coefficient (Wildman–Crippen LogP) is 2.04. The van der Waals surface area contributed by atoms with Gasteiger partial charge < -0.3 is 4.74 Å². The molecule has 1 saturated heterocycles. The molecule has 1 amide bonds. The molecule has 114 valence electrons. The van der Waals surface area contributed by atoms with E-state index >= 15 is 0 Å². The summed E-state index contributed by atoms with van der Waals surface area (Å²) in [5.41, 5.74) is 0.700. The van der Waals surface area contributed by atoms with Gasteiger partial charge in [0.1, 0.15) is 5.82 Å². The van der Waals surface area contributed by atoms with Crippen LogP contribution in [0.3, 0.4) is 0 Å². The van der Waals surface area contributed by atoms with Crippen LogP contribution in [0.15, 0.2) is 39.4 Å². The Bertz CT molecular complexity index is 718. The molecule has 0 bridgehead atoms. The number of ether oxygens (including phenoxy) is 1. The number of rotatable bonds is 3. The van der Waals surface area contributed by atoms with Crippen molar-refractivity contribution in [1.29, 1.82) is 0 Å². The Labute approximate surface area is 143 Å². The number of amides is 1. The summed E-state index contributed by atoms with van der Waals surface area (Å²) in [4.78, 5) is 22.8. The number of thioether (sulfide) groups is 1. The Hall–Kier alpha value is -1.75. The zero-order chi connectivity index (χ0) is 16.1. The quantitative estimate of drug-likeness (QED) is 0.260. The summed E-state index contributed by atoms with van der Waals surface area (Å²) < 4.78 is 18.1. The van der Waals surface area contributed by atoms with Crippen LogP contribution in [0.2, 0.25) is 0 Å². The van der Waals surface area contributed by atoms with Gasteiger partial charge in [0.15, 0.2) is 5.17 Å². The largest absolute Gasteiger partial charge is 0.466 e. The molecule has 1 heterocycles. The number of amidine groups is 1. The molecule has 0 saturated carbocycles. The van der Waals surface area contributed by atoms with E-state index in [9.17, 15) is 14.0 Å². The van der Waals surface area contributed by atoms with Crippen molar-refractivity contribution in [2.75, 3.05) is 7.11 Å². The van der Waals surface area contributed by atoms with Crippen molar-refractivity contribution in [2.24, 2.45) is 10.2 Å². The highest BCUT2D eigenvalue weighted by molar-refractivity contribution is 14.1. The third-order valence-electron chi connectivity index (χ3n) is 2.41. The van der Waals surface area contributed by atoms with Crippen molar-refractivity contribution in [3.8, 4) is 0 Å². The molecule has 1 N–H and O–H groups in total. The number of nitrogens with one attached hydrogen (secondary N) is 1. The van der Waals surface area contributed by atoms with Crippen LogP contribution in [-0.4, -0.2) is 30.4 Å². The average Bonchev–Trinajstić information content (AvgIpc) is 2.81. The fourth-order valence-electron chi connectivity index (χ4n) is 1.39. The van der Waals surface area contributed by atoms with Crippen LogP contribution in [0.25, 0.3) is 0 Å². The minimum atomic E-state index is -0.622. The first-order chi connectivity index (χ1) is 10.5. The van der Waals surface area contributed by atoms with E-state index in [0.29, 0.717) is 9.13 Å². The van der Waals surface area contributed by atoms with Crippen LogP contribution in [0.5, 0.6) is 0 Å². The van der Waals surface area contributed by atoms with E-state index in [1.165, 1.54) is 25.5 Å². The number of hydrogen-bond donors (Lipinski definition) is 1. The highest BCUT2D eigenvalue weighted by Gasteiger charge is 2.24. The number of nitrogens with zero attached hydrogens (tertiary/aromatic N) is 2. The van der Waals surface area contributed by atoms with Crippen molar-refractivity contribution in [3.63, 3.8) is 0 Å². The van der Waals surface area contributed by atoms with Crippen molar-refractivity contribution < 1.29 is 18.7 Å². The molecule has 6 nitrogen and oxygen atoms in total. The van der Waals surface area contributed by atoms with Gasteiger partial charge in [-0.1, -0.05) is 0 Å². The molecule has 22 heavy (non-hydrogen) atoms. The van der Waals surface area contributed by atoms with Gasteiger partial charge in [-0.05, 0) is 52.6 Å². The molecule has 0 aliphatic carbocycles. The number of carbonyl (C=O) groups excluding carboxylic acids is 2. The van der Waals surface area contributed by atoms with E-state index in [0.717, 1.165) is 17.8 Å². The Kier molecular flexibility index (Phi) is 5.66. The van der Waals surface area contributed by atoms with Gasteiger partial charge in [-0.3, -0.25) is 10.1 Å². The second-order valence-corrected chi connectivity index (χ2v) is 6.10. The van der Waals surface area contributed by atoms with Gasteiger partial charge >= 0.3 is 5.97 Å². The van der Waals surface area contributed by atoms with Gasteiger partial charge in [-0.25, -0.2) is 9.18 Å². The molecule has 0 spiro atoms. The molecular weight excluding hydrogens is 424 g/mol. The van der Waals surface area contributed by atoms with Crippen molar-refractivity contribution in [3.05, 3.63) is 44.1 Å². The minimum Gasteiger partial charge on any atom is -0.466 e. The molecule has 0 radical (unpaired) electrons. The fraction of sp³-hybridized carbons (Fsp3) is 0.0769. The number of hydrogen-bond acceptors (Lipinski definition) is 6. The van der Waals surface area contributed by atoms with Gasteiger partial charge in [-0.15, -0.1) is 5.10 Å². The molecule has 0 atom stereocenters. The Balaban J connectivity index is 2.08. The fourth-order valence-corrected chi connectivity index (χ4v) is 2.75. The van der Waals surface area contributed by atoms with E-state index in [4.69, 9.17) is 0 Å². The molecular formula is C13H9FIN3O3S. The first-order valence-corrected chi connectivity index (χ1v) is 7.74. The summed E-state index contributed by atoms with van der Waals surface area (Å²) in [6, 6.07) is 4.27. The monoisotopic (exact) mass is 433 g/mol. The van der Waals surface area contributed by atoms with Crippen LogP contribution >= 0.6 is 34.4 Å². The molecule has 0 unspecified atom stereocenters. The number of halogens is 2. The third kappa shape index (κ3) is 4.37. The normalized spacial score (nSPS) is 18.2. The van der Waals surface area contributed by atoms with Crippen molar-refractivity contribution in [1.82, 2.24) is 5.32 Å². The number of esters is 1. The lowest BCUT2D eigenvalue weighted by molar-refractivity contribution is -0.135. The summed E-state index contributed by atoms with van der Waals surface area (Å²) >= 11 is 2.96. The third-order valence-corrected chi connectivity index (χ3v) is 4.24. The van der Waals surface area contributed by atoms with Crippen LogP contribution in [-0.2, 0) is 14.3 Å². The van der Waals surface area contributed by atoms with E-state index in [1.54, 1.807) is 6.07 Å². The lowest BCUT2D eigenvalue weighted by Crippen LogP contribution is -2.19. The lowest BCUT2D eigenvalue weighted by Gasteiger charge is -1.96. The van der Waals surface area contributed by atoms with Crippen LogP contribution in [0.1, 0.15) is 5.56 Å². The molecule has 1 aromatic rings. The second kappa shape index (κ2) is 7.49. The standard InChI is InChI=1S/C13H9FIN3O3S/c1-21-11(19)5-10-12(20)17-13(22-10)18-16-6-7-2-3-8(14)4-9(7)15/h2-6H,1H3,(H,17,18,20)/b10-5+,16-6?. The number of carbonyl (C=O) groups is 2. The van der Waals surface area contributed by atoms with Gasteiger partial charge in [0.2, 0.25) is 0 Å². The zero-order valence-electron chi connectivity index (χ0n) is 11.2. The molecule has 1 fully saturated rings. The molecule has 1 aliphatic rings. The minimum absolute atomic E-state index is 0.178. The van der Waals surface area contributed by atoms with Gasteiger partial charge in [0, 0.05) is 15.2 Å². The Morgan fingerprint density at radius 2 is 2.27 bits per heavy atom. The van der Waals surface area contributed by atoms with E-state index in [-0.39, 0.29) is 15.9 Å². The summed E-state index contributed by atoms with van der Waals surface area (Å²) in [5.74, 6) is -1.40. The topological polar surface area (TPSA) is 80.1 Å².